The second kappa shape index (κ2) is 4.95. The molecule has 0 unspecified atom stereocenters. The molecule has 23 heavy (non-hydrogen) atoms. The number of nitro benzene ring substituents is 1. The lowest BCUT2D eigenvalue weighted by Gasteiger charge is -2.13. The number of rotatable bonds is 2. The Morgan fingerprint density at radius 1 is 1.09 bits per heavy atom. The van der Waals surface area contributed by atoms with E-state index in [9.17, 15) is 14.9 Å². The van der Waals surface area contributed by atoms with E-state index in [4.69, 9.17) is 4.84 Å². The van der Waals surface area contributed by atoms with Crippen LogP contribution in [0.25, 0.3) is 21.9 Å². The largest absolute Gasteiger partial charge is 0.410 e. The van der Waals surface area contributed by atoms with Gasteiger partial charge in [0.2, 0.25) is 0 Å². The fraction of sp³-hybridized carbons (Fsp3) is 0.118. The molecular formula is C17H12N2O4. The van der Waals surface area contributed by atoms with Gasteiger partial charge in [0, 0.05) is 29.5 Å². The summed E-state index contributed by atoms with van der Waals surface area (Å²) in [6.45, 7) is 0.424. The van der Waals surface area contributed by atoms with Crippen molar-refractivity contribution in [2.24, 2.45) is 0 Å². The van der Waals surface area contributed by atoms with Crippen LogP contribution in [-0.2, 0) is 6.42 Å². The number of nitrogens with zero attached hydrogens (tertiary/aromatic N) is 2. The van der Waals surface area contributed by atoms with E-state index >= 15 is 0 Å². The molecule has 0 saturated carbocycles. The molecule has 0 N–H and O–H groups in total. The van der Waals surface area contributed by atoms with Crippen LogP contribution in [0.4, 0.5) is 5.69 Å². The molecule has 0 amide bonds. The summed E-state index contributed by atoms with van der Waals surface area (Å²) < 4.78 is 1.32. The number of non-ortho nitro benzene ring substituents is 1. The predicted molar refractivity (Wildman–Crippen MR) is 85.4 cm³/mol. The Morgan fingerprint density at radius 2 is 1.87 bits per heavy atom. The summed E-state index contributed by atoms with van der Waals surface area (Å²) >= 11 is 0. The Morgan fingerprint density at radius 3 is 2.61 bits per heavy atom. The minimum absolute atomic E-state index is 0.0297. The molecule has 0 radical (unpaired) electrons. The van der Waals surface area contributed by atoms with E-state index < -0.39 is 4.92 Å². The van der Waals surface area contributed by atoms with E-state index in [-0.39, 0.29) is 11.2 Å². The van der Waals surface area contributed by atoms with Crippen molar-refractivity contribution in [1.82, 2.24) is 4.73 Å². The van der Waals surface area contributed by atoms with Crippen molar-refractivity contribution in [1.29, 1.82) is 0 Å². The van der Waals surface area contributed by atoms with Gasteiger partial charge in [-0.15, -0.1) is 4.73 Å². The number of benzene rings is 2. The summed E-state index contributed by atoms with van der Waals surface area (Å²) in [5, 5.41) is 12.1. The molecule has 0 aliphatic carbocycles. The summed E-state index contributed by atoms with van der Waals surface area (Å²) in [6.07, 6.45) is 0.595. The normalized spacial score (nSPS) is 12.9. The third-order valence-corrected chi connectivity index (χ3v) is 4.05. The molecule has 2 aromatic carbocycles. The maximum Gasteiger partial charge on any atom is 0.291 e. The fourth-order valence-corrected chi connectivity index (χ4v) is 3.05. The minimum atomic E-state index is -0.449. The average Bonchev–Trinajstić information content (AvgIpc) is 3.05. The summed E-state index contributed by atoms with van der Waals surface area (Å²) in [5.74, 6) is 0. The highest BCUT2D eigenvalue weighted by Gasteiger charge is 2.24. The second-order valence-electron chi connectivity index (χ2n) is 5.36. The first kappa shape index (κ1) is 13.5. The van der Waals surface area contributed by atoms with Gasteiger partial charge < -0.3 is 4.84 Å². The van der Waals surface area contributed by atoms with Gasteiger partial charge in [0.1, 0.15) is 6.61 Å². The van der Waals surface area contributed by atoms with Crippen LogP contribution in [0.1, 0.15) is 5.69 Å². The van der Waals surface area contributed by atoms with Gasteiger partial charge in [-0.25, -0.2) is 0 Å². The van der Waals surface area contributed by atoms with Crippen molar-refractivity contribution in [2.75, 3.05) is 6.61 Å². The van der Waals surface area contributed by atoms with E-state index in [1.165, 1.54) is 22.9 Å². The molecule has 6 nitrogen and oxygen atoms in total. The zero-order valence-corrected chi connectivity index (χ0v) is 12.1. The van der Waals surface area contributed by atoms with Crippen molar-refractivity contribution in [2.45, 2.75) is 6.42 Å². The van der Waals surface area contributed by atoms with Crippen LogP contribution in [0.5, 0.6) is 0 Å². The molecule has 6 heteroatoms. The monoisotopic (exact) mass is 308 g/mol. The lowest BCUT2D eigenvalue weighted by molar-refractivity contribution is -0.384. The molecule has 2 heterocycles. The molecule has 4 rings (SSSR count). The predicted octanol–water partition coefficient (Wildman–Crippen LogP) is 2.56. The van der Waals surface area contributed by atoms with Crippen LogP contribution >= 0.6 is 0 Å². The third kappa shape index (κ3) is 1.99. The van der Waals surface area contributed by atoms with Crippen molar-refractivity contribution in [3.05, 3.63) is 74.7 Å². The van der Waals surface area contributed by atoms with Gasteiger partial charge in [-0.2, -0.15) is 0 Å². The van der Waals surface area contributed by atoms with Gasteiger partial charge in [0.15, 0.2) is 0 Å². The molecular weight excluding hydrogens is 296 g/mol. The Labute approximate surface area is 130 Å². The Kier molecular flexibility index (Phi) is 2.90. The fourth-order valence-electron chi connectivity index (χ4n) is 3.05. The first-order valence-electron chi connectivity index (χ1n) is 7.21. The first-order valence-corrected chi connectivity index (χ1v) is 7.21. The van der Waals surface area contributed by atoms with Gasteiger partial charge in [0.25, 0.3) is 11.2 Å². The van der Waals surface area contributed by atoms with E-state index in [1.54, 1.807) is 0 Å². The van der Waals surface area contributed by atoms with Crippen molar-refractivity contribution < 1.29 is 9.76 Å². The summed E-state index contributed by atoms with van der Waals surface area (Å²) in [4.78, 5) is 28.7. The summed E-state index contributed by atoms with van der Waals surface area (Å²) in [5.41, 5.74) is 2.18. The number of pyridine rings is 1. The Balaban J connectivity index is 2.17. The average molecular weight is 308 g/mol. The van der Waals surface area contributed by atoms with Crippen molar-refractivity contribution >= 4 is 16.5 Å². The maximum atomic E-state index is 12.6. The Bertz CT molecular complexity index is 993. The molecule has 0 fully saturated rings. The smallest absolute Gasteiger partial charge is 0.291 e. The maximum absolute atomic E-state index is 12.6. The van der Waals surface area contributed by atoms with Crippen LogP contribution < -0.4 is 10.4 Å². The van der Waals surface area contributed by atoms with Gasteiger partial charge in [-0.3, -0.25) is 14.9 Å². The summed E-state index contributed by atoms with van der Waals surface area (Å²) in [7, 11) is 0. The van der Waals surface area contributed by atoms with Gasteiger partial charge in [-0.1, -0.05) is 30.3 Å². The molecule has 0 spiro atoms. The van der Waals surface area contributed by atoms with Gasteiger partial charge in [-0.05, 0) is 11.6 Å². The SMILES string of the molecule is O=c1c2ccc([N+](=O)[O-])cc2c(-c2ccccc2)c2n1OCC2. The topological polar surface area (TPSA) is 74.4 Å². The second-order valence-corrected chi connectivity index (χ2v) is 5.36. The van der Waals surface area contributed by atoms with Gasteiger partial charge >= 0.3 is 0 Å². The molecule has 0 saturated heterocycles. The first-order chi connectivity index (χ1) is 11.2. The highest BCUT2D eigenvalue weighted by molar-refractivity contribution is 5.98. The summed E-state index contributed by atoms with van der Waals surface area (Å²) in [6, 6.07) is 13.9. The van der Waals surface area contributed by atoms with Crippen LogP contribution in [-0.4, -0.2) is 16.3 Å². The molecule has 0 atom stereocenters. The van der Waals surface area contributed by atoms with E-state index in [2.05, 4.69) is 0 Å². The number of aromatic nitrogens is 1. The number of fused-ring (bicyclic) bond motifs is 2. The molecule has 1 aliphatic rings. The lowest BCUT2D eigenvalue weighted by atomic mass is 9.96. The Hall–Kier alpha value is -3.15. The third-order valence-electron chi connectivity index (χ3n) is 4.05. The standard InChI is InChI=1S/C17H12N2O4/c20-17-13-7-6-12(19(21)22)10-14(13)16(11-4-2-1-3-5-11)15-8-9-23-18(15)17/h1-7,10H,8-9H2. The number of nitro groups is 1. The highest BCUT2D eigenvalue weighted by Crippen LogP contribution is 2.33. The quantitative estimate of drug-likeness (QED) is 0.538. The lowest BCUT2D eigenvalue weighted by Crippen LogP contribution is -2.25. The van der Waals surface area contributed by atoms with E-state index in [0.29, 0.717) is 23.8 Å². The molecule has 1 aromatic heterocycles. The molecule has 3 aromatic rings. The van der Waals surface area contributed by atoms with E-state index in [1.807, 2.05) is 30.3 Å². The number of hydrogen-bond donors (Lipinski definition) is 0. The molecule has 0 bridgehead atoms. The van der Waals surface area contributed by atoms with Gasteiger partial charge in [0.05, 0.1) is 16.0 Å². The zero-order chi connectivity index (χ0) is 16.0. The molecule has 114 valence electrons. The van der Waals surface area contributed by atoms with Crippen LogP contribution in [0.3, 0.4) is 0 Å². The zero-order valence-electron chi connectivity index (χ0n) is 12.1. The van der Waals surface area contributed by atoms with E-state index in [0.717, 1.165) is 16.8 Å². The number of hydrogen-bond acceptors (Lipinski definition) is 4. The van der Waals surface area contributed by atoms with Crippen molar-refractivity contribution in [3.8, 4) is 11.1 Å². The van der Waals surface area contributed by atoms with Crippen LogP contribution in [0.2, 0.25) is 0 Å². The minimum Gasteiger partial charge on any atom is -0.410 e. The van der Waals surface area contributed by atoms with Crippen molar-refractivity contribution in [3.63, 3.8) is 0 Å². The highest BCUT2D eigenvalue weighted by atomic mass is 16.7. The van der Waals surface area contributed by atoms with Crippen LogP contribution in [0, 0.1) is 10.1 Å². The van der Waals surface area contributed by atoms with Crippen LogP contribution in [0.15, 0.2) is 53.3 Å². The molecule has 1 aliphatic heterocycles.